The molecule has 8 aromatic rings. The third kappa shape index (κ3) is 36.4. The van der Waals surface area contributed by atoms with E-state index in [9.17, 15) is 33.9 Å². The van der Waals surface area contributed by atoms with E-state index < -0.39 is 35.0 Å². The Labute approximate surface area is 668 Å². The summed E-state index contributed by atoms with van der Waals surface area (Å²) in [5.74, 6) is 0.328. The number of amides is 1. The molecule has 2 unspecified atom stereocenters. The summed E-state index contributed by atoms with van der Waals surface area (Å²) >= 11 is 2.39. The predicted molar refractivity (Wildman–Crippen MR) is 406 cm³/mol. The summed E-state index contributed by atoms with van der Waals surface area (Å²) in [6.07, 6.45) is 11.7. The van der Waals surface area contributed by atoms with Crippen LogP contribution in [-0.2, 0) is 60.4 Å². The molecule has 0 saturated carbocycles. The number of benzene rings is 4. The van der Waals surface area contributed by atoms with Gasteiger partial charge in [0.2, 0.25) is 5.91 Å². The fraction of sp³-hybridized carbons (Fsp3) is 0.410. The van der Waals surface area contributed by atoms with Crippen molar-refractivity contribution < 1.29 is 114 Å². The molecule has 4 aromatic carbocycles. The van der Waals surface area contributed by atoms with Gasteiger partial charge in [-0.05, 0) is 96.6 Å². The van der Waals surface area contributed by atoms with Crippen LogP contribution in [-0.4, -0.2) is 125 Å². The molecule has 5 heterocycles. The number of methoxy groups -OCH3 is 3. The van der Waals surface area contributed by atoms with E-state index in [0.29, 0.717) is 52.5 Å². The Balaban J connectivity index is 0.000000428. The molecule has 554 valence electrons. The Morgan fingerprint density at radius 1 is 0.558 bits per heavy atom. The second-order valence-corrected chi connectivity index (χ2v) is 27.1. The van der Waals surface area contributed by atoms with Crippen LogP contribution in [0.3, 0.4) is 0 Å². The molecule has 0 aliphatic carbocycles. The van der Waals surface area contributed by atoms with Gasteiger partial charge in [0.15, 0.2) is 0 Å². The van der Waals surface area contributed by atoms with E-state index in [1.54, 1.807) is 80.9 Å². The number of nitrogen functional groups attached to an aromatic ring is 2. The van der Waals surface area contributed by atoms with E-state index in [1.165, 1.54) is 44.8 Å². The van der Waals surface area contributed by atoms with E-state index >= 15 is 0 Å². The maximum absolute atomic E-state index is 12.0. The van der Waals surface area contributed by atoms with Gasteiger partial charge >= 0.3 is 81.6 Å². The van der Waals surface area contributed by atoms with Crippen LogP contribution in [0.1, 0.15) is 167 Å². The molecule has 104 heavy (non-hydrogen) atoms. The normalized spacial score (nSPS) is 12.3. The van der Waals surface area contributed by atoms with Crippen molar-refractivity contribution in [3.63, 3.8) is 0 Å². The molecule has 24 nitrogen and oxygen atoms in total. The number of hydrogen-bond acceptors (Lipinski definition) is 23. The van der Waals surface area contributed by atoms with Crippen molar-refractivity contribution in [1.29, 1.82) is 0 Å². The second-order valence-electron chi connectivity index (χ2n) is 26.1. The van der Waals surface area contributed by atoms with E-state index in [1.807, 2.05) is 135 Å². The van der Waals surface area contributed by atoms with Crippen molar-refractivity contribution in [2.24, 2.45) is 0 Å². The van der Waals surface area contributed by atoms with Crippen LogP contribution in [0.5, 0.6) is 0 Å². The zero-order valence-corrected chi connectivity index (χ0v) is 68.5. The van der Waals surface area contributed by atoms with E-state index in [-0.39, 0.29) is 94.0 Å². The number of piperidine rings is 1. The zero-order valence-electron chi connectivity index (χ0n) is 63.2. The minimum atomic E-state index is -1.06. The number of alkyl halides is 1. The SMILES string of the molecule is CC(C)(C)OC(=O)OC(=O)OC(C)(C)C.CC(C)(C)[O-].CCCCC(C(=O)OC)c1ncc(C)c(-c2ccccc2)n1.CCCCI.COC(=O)Cc1ncc(C)c(-c2ccccc2)n1.COC(=O)Cc1ncc(N)c(-c2ccccc2)n1.Nc1cnc(C2CCCNC2=O)nc1-c1ccccc1.[K+]. The molecular weight excluding hydrogens is 1460 g/mol. The summed E-state index contributed by atoms with van der Waals surface area (Å²) in [6.45, 7) is 23.9. The number of nitrogens with two attached hydrogens (primary N) is 2. The molecule has 0 spiro atoms. The minimum absolute atomic E-state index is 0. The molecule has 5 N–H and O–H groups in total. The number of hydrogen-bond donors (Lipinski definition) is 3. The maximum atomic E-state index is 12.0. The van der Waals surface area contributed by atoms with Gasteiger partial charge in [-0.1, -0.05) is 198 Å². The Morgan fingerprint density at radius 2 is 0.942 bits per heavy atom. The predicted octanol–water partition coefficient (Wildman–Crippen LogP) is 11.5. The van der Waals surface area contributed by atoms with Crippen LogP contribution in [0.15, 0.2) is 146 Å². The van der Waals surface area contributed by atoms with Gasteiger partial charge in [0.05, 0.1) is 73.8 Å². The van der Waals surface area contributed by atoms with Crippen molar-refractivity contribution >= 4 is 70.1 Å². The Morgan fingerprint density at radius 3 is 1.33 bits per heavy atom. The first-order chi connectivity index (χ1) is 48.7. The summed E-state index contributed by atoms with van der Waals surface area (Å²) in [6, 6.07) is 39.0. The second kappa shape index (κ2) is 48.0. The molecule has 9 rings (SSSR count). The first kappa shape index (κ1) is 91.8. The van der Waals surface area contributed by atoms with Gasteiger partial charge in [-0.15, -0.1) is 5.60 Å². The number of carbonyl (C=O) groups excluding carboxylic acids is 6. The number of halogens is 1. The van der Waals surface area contributed by atoms with Gasteiger partial charge in [-0.3, -0.25) is 19.2 Å². The topological polar surface area (TPSA) is 348 Å². The average Bonchev–Trinajstić information content (AvgIpc) is 0.834. The molecule has 1 aliphatic heterocycles. The molecule has 1 amide bonds. The van der Waals surface area contributed by atoms with Crippen molar-refractivity contribution in [2.45, 2.75) is 176 Å². The monoisotopic (exact) mass is 1570 g/mol. The van der Waals surface area contributed by atoms with Crippen LogP contribution >= 0.6 is 22.6 Å². The number of rotatable bonds is 16. The van der Waals surface area contributed by atoms with Gasteiger partial charge in [-0.2, -0.15) is 0 Å². The molecule has 0 radical (unpaired) electrons. The van der Waals surface area contributed by atoms with Gasteiger partial charge < -0.3 is 50.3 Å². The van der Waals surface area contributed by atoms with Crippen molar-refractivity contribution in [1.82, 2.24) is 45.2 Å². The number of unbranched alkanes of at least 4 members (excludes halogenated alkanes) is 2. The quantitative estimate of drug-likeness (QED) is 0.0202. The molecular formula is C78H101IKN11O13. The summed E-state index contributed by atoms with van der Waals surface area (Å²) in [5.41, 5.74) is 19.6. The molecule has 26 heteroatoms. The summed E-state index contributed by atoms with van der Waals surface area (Å²) < 4.78 is 29.2. The minimum Gasteiger partial charge on any atom is -0.850 e. The van der Waals surface area contributed by atoms with Gasteiger partial charge in [0, 0.05) is 41.2 Å². The number of anilines is 2. The number of ether oxygens (including phenoxy) is 6. The number of carbonyl (C=O) groups is 6. The maximum Gasteiger partial charge on any atom is 1.00 e. The van der Waals surface area contributed by atoms with Crippen LogP contribution in [0.2, 0.25) is 0 Å². The number of aromatic nitrogens is 8. The molecule has 0 bridgehead atoms. The number of esters is 3. The van der Waals surface area contributed by atoms with Crippen LogP contribution < -0.4 is 73.3 Å². The third-order valence-corrected chi connectivity index (χ3v) is 14.4. The van der Waals surface area contributed by atoms with E-state index in [0.717, 1.165) is 77.0 Å². The standard InChI is InChI=1S/C18H22N2O2.C15H16N4O.C14H14N2O2.C13H13N3O2.C10H18O5.C4H9I.C4H9O.K/c1-4-5-11-15(18(21)22-3)17-19-12-13(2)16(20-17)14-9-7-6-8-10-14;16-12-9-18-14(11-7-4-8-17-15(11)20)19-13(12)10-5-2-1-3-6-10;1-10-9-15-12(8-13(17)18-2)16-14(10)11-6-4-3-5-7-11;1-18-12(17)7-11-15-8-10(14)13(16-11)9-5-3-2-4-6-9;1-9(2,3)14-7(11)13-8(12)15-10(4,5)6;1-2-3-4-5;1-4(2,3)5;/h6-10,12,15H,4-5,11H2,1-3H3;1-3,5-6,9,11H,4,7-8,16H2,(H,17,20);3-7,9H,8H2,1-2H3;2-6,8H,7,14H2,1H3;1-6H3;2-4H2,1H3;1-3H3;/q;;;;;;-1;+1. The van der Waals surface area contributed by atoms with Crippen LogP contribution in [0.25, 0.3) is 45.0 Å². The smallest absolute Gasteiger partial charge is 0.850 e. The summed E-state index contributed by atoms with van der Waals surface area (Å²) in [5, 5.41) is 13.0. The first-order valence-corrected chi connectivity index (χ1v) is 35.3. The Kier molecular flexibility index (Phi) is 42.4. The zero-order chi connectivity index (χ0) is 76.7. The summed E-state index contributed by atoms with van der Waals surface area (Å²) in [7, 11) is 4.10. The number of nitrogens with zero attached hydrogens (tertiary/aromatic N) is 8. The first-order valence-electron chi connectivity index (χ1n) is 33.8. The fourth-order valence-corrected chi connectivity index (χ4v) is 9.53. The molecule has 4 aromatic heterocycles. The molecule has 1 saturated heterocycles. The molecule has 1 aliphatic rings. The van der Waals surface area contributed by atoms with Gasteiger partial charge in [0.25, 0.3) is 0 Å². The Bertz CT molecular complexity index is 3770. The van der Waals surface area contributed by atoms with Crippen molar-refractivity contribution in [3.05, 3.63) is 181 Å². The number of aryl methyl sites for hydroxylation is 2. The Hall–Kier alpha value is -8.25. The van der Waals surface area contributed by atoms with E-state index in [4.69, 9.17) is 25.7 Å². The van der Waals surface area contributed by atoms with Gasteiger partial charge in [-0.25, -0.2) is 49.5 Å². The van der Waals surface area contributed by atoms with Crippen LogP contribution in [0.4, 0.5) is 21.0 Å². The summed E-state index contributed by atoms with van der Waals surface area (Å²) in [4.78, 5) is 103. The molecule has 1 fully saturated rings. The van der Waals surface area contributed by atoms with Crippen molar-refractivity contribution in [2.75, 3.05) is 43.8 Å². The van der Waals surface area contributed by atoms with E-state index in [2.05, 4.69) is 95.8 Å². The number of nitrogens with one attached hydrogen (secondary N) is 1. The average molecular weight is 1570 g/mol. The third-order valence-electron chi connectivity index (χ3n) is 13.6. The largest absolute Gasteiger partial charge is 1.00 e. The van der Waals surface area contributed by atoms with Crippen LogP contribution in [0, 0.1) is 13.8 Å². The molecule has 2 atom stereocenters. The van der Waals surface area contributed by atoms with Crippen molar-refractivity contribution in [3.8, 4) is 45.0 Å². The van der Waals surface area contributed by atoms with Gasteiger partial charge in [0.1, 0.15) is 53.3 Å². The fourth-order valence-electron chi connectivity index (χ4n) is 8.77.